The Bertz CT molecular complexity index is 1350. The summed E-state index contributed by atoms with van der Waals surface area (Å²) in [5, 5.41) is 24.1. The molecule has 1 aromatic carbocycles. The number of aliphatic hydroxyl groups excluding tert-OH is 2. The predicted molar refractivity (Wildman–Crippen MR) is 195 cm³/mol. The third-order valence-corrected chi connectivity index (χ3v) is 9.92. The van der Waals surface area contributed by atoms with Crippen molar-refractivity contribution in [1.29, 1.82) is 0 Å². The number of carbonyl (C=O) groups excluding carboxylic acids is 1. The van der Waals surface area contributed by atoms with E-state index in [0.717, 1.165) is 42.5 Å². The molecular formula is C40H60N2O8. The summed E-state index contributed by atoms with van der Waals surface area (Å²) in [7, 11) is 1.55. The van der Waals surface area contributed by atoms with Gasteiger partial charge in [0, 0.05) is 37.7 Å². The molecule has 1 aliphatic heterocycles. The number of aliphatic hydroxyl groups is 2. The summed E-state index contributed by atoms with van der Waals surface area (Å²) in [6.07, 6.45) is 11.2. The van der Waals surface area contributed by atoms with Gasteiger partial charge in [-0.25, -0.2) is 4.79 Å². The van der Waals surface area contributed by atoms with Crippen LogP contribution in [0.25, 0.3) is 0 Å². The van der Waals surface area contributed by atoms with Crippen molar-refractivity contribution < 1.29 is 38.8 Å². The summed E-state index contributed by atoms with van der Waals surface area (Å²) in [6.45, 7) is 17.5. The van der Waals surface area contributed by atoms with E-state index in [-0.39, 0.29) is 55.5 Å². The van der Waals surface area contributed by atoms with E-state index in [0.29, 0.717) is 50.3 Å². The molecule has 6 atom stereocenters. The number of ether oxygens (including phenoxy) is 4. The van der Waals surface area contributed by atoms with Crippen LogP contribution in [0, 0.1) is 23.2 Å². The largest absolute Gasteiger partial charge is 0.490 e. The lowest BCUT2D eigenvalue weighted by molar-refractivity contribution is -0.255. The van der Waals surface area contributed by atoms with E-state index in [9.17, 15) is 15.0 Å². The molecule has 0 spiro atoms. The zero-order valence-corrected chi connectivity index (χ0v) is 30.9. The zero-order valence-electron chi connectivity index (χ0n) is 30.9. The second-order valence-electron chi connectivity index (χ2n) is 14.9. The van der Waals surface area contributed by atoms with Gasteiger partial charge in [-0.1, -0.05) is 70.5 Å². The molecule has 1 heterocycles. The van der Waals surface area contributed by atoms with E-state index in [1.54, 1.807) is 24.2 Å². The minimum Gasteiger partial charge on any atom is -0.490 e. The van der Waals surface area contributed by atoms with Crippen molar-refractivity contribution in [3.63, 3.8) is 0 Å². The molecule has 10 nitrogen and oxygen atoms in total. The smallest absolute Gasteiger partial charge is 0.410 e. The third kappa shape index (κ3) is 8.93. The summed E-state index contributed by atoms with van der Waals surface area (Å²) >= 11 is 0. The van der Waals surface area contributed by atoms with Crippen LogP contribution >= 0.6 is 0 Å². The van der Waals surface area contributed by atoms with E-state index in [1.807, 2.05) is 39.8 Å². The van der Waals surface area contributed by atoms with Crippen molar-refractivity contribution in [3.8, 4) is 11.5 Å². The Labute approximate surface area is 299 Å². The first-order chi connectivity index (χ1) is 24.1. The van der Waals surface area contributed by atoms with Gasteiger partial charge in [-0.15, -0.1) is 6.58 Å². The number of nitrogens with zero attached hydrogens (tertiary/aromatic N) is 2. The van der Waals surface area contributed by atoms with Gasteiger partial charge in [-0.3, -0.25) is 4.90 Å². The molecule has 1 aromatic rings. The molecule has 0 aromatic heterocycles. The monoisotopic (exact) mass is 696 g/mol. The topological polar surface area (TPSA) is 119 Å². The Balaban J connectivity index is 2.00. The summed E-state index contributed by atoms with van der Waals surface area (Å²) in [6, 6.07) is 5.32. The average molecular weight is 697 g/mol. The van der Waals surface area contributed by atoms with Crippen molar-refractivity contribution >= 4 is 11.8 Å². The Hall–Kier alpha value is -3.34. The number of benzene rings is 1. The number of fused-ring (bicyclic) bond motifs is 2. The number of allylic oxidation sites excluding steroid dienone is 1. The molecule has 50 heavy (non-hydrogen) atoms. The van der Waals surface area contributed by atoms with Crippen molar-refractivity contribution in [1.82, 2.24) is 4.90 Å². The second-order valence-corrected chi connectivity index (χ2v) is 14.9. The molecule has 0 bridgehead atoms. The zero-order chi connectivity index (χ0) is 36.3. The van der Waals surface area contributed by atoms with Crippen LogP contribution in [0.5, 0.6) is 11.5 Å². The summed E-state index contributed by atoms with van der Waals surface area (Å²) in [4.78, 5) is 21.4. The van der Waals surface area contributed by atoms with Crippen LogP contribution in [0.2, 0.25) is 0 Å². The van der Waals surface area contributed by atoms with E-state index in [2.05, 4.69) is 30.5 Å². The highest BCUT2D eigenvalue weighted by molar-refractivity contribution is 6.02. The van der Waals surface area contributed by atoms with Crippen LogP contribution in [0.4, 0.5) is 4.79 Å². The second kappa shape index (κ2) is 18.2. The van der Waals surface area contributed by atoms with Crippen LogP contribution in [0.1, 0.15) is 90.5 Å². The first kappa shape index (κ1) is 39.4. The first-order valence-corrected chi connectivity index (χ1v) is 18.4. The van der Waals surface area contributed by atoms with E-state index >= 15 is 0 Å². The Kier molecular flexibility index (Phi) is 14.4. The van der Waals surface area contributed by atoms with E-state index in [4.69, 9.17) is 23.8 Å². The molecule has 2 aliphatic carbocycles. The summed E-state index contributed by atoms with van der Waals surface area (Å²) < 4.78 is 26.2. The van der Waals surface area contributed by atoms with Gasteiger partial charge in [0.05, 0.1) is 24.8 Å². The molecule has 3 aliphatic rings. The van der Waals surface area contributed by atoms with E-state index < -0.39 is 17.9 Å². The highest BCUT2D eigenvalue weighted by Gasteiger charge is 2.65. The number of hydrogen-bond donors (Lipinski definition) is 2. The van der Waals surface area contributed by atoms with Crippen LogP contribution in [0.15, 0.2) is 60.3 Å². The van der Waals surface area contributed by atoms with Crippen molar-refractivity contribution in [2.75, 3.05) is 46.7 Å². The van der Waals surface area contributed by atoms with Crippen LogP contribution in [-0.4, -0.2) is 85.4 Å². The minimum atomic E-state index is -1.31. The van der Waals surface area contributed by atoms with Gasteiger partial charge in [0.2, 0.25) is 5.79 Å². The van der Waals surface area contributed by atoms with Gasteiger partial charge < -0.3 is 34.0 Å². The fraction of sp³-hybridized carbons (Fsp3) is 0.650. The number of unbranched alkanes of at least 4 members (excludes halogenated alkanes) is 2. The standard InChI is InChI=1S/C40H60N2O8/c1-8-19-42(38(45)48-27-39(4,5)6)35-26-33(41-46-7)31-24-28(15-11-13-20-43)30(16-12-14-21-44)36-32-25-29(47-22-9-2)17-18-34(32)50-40(35,37(31)36)49-23-10-3/h9-10,17-18,24-25,28,30,35-37,43-44H,2-3,8,11-16,19-23,26-27H2,1,4-7H3/t28-,30+,35-,36+,37+,40+/m0/s1. The Morgan fingerprint density at radius 3 is 2.46 bits per heavy atom. The predicted octanol–water partition coefficient (Wildman–Crippen LogP) is 7.41. The highest BCUT2D eigenvalue weighted by atomic mass is 16.7. The Morgan fingerprint density at radius 1 is 1.10 bits per heavy atom. The molecule has 1 saturated carbocycles. The SMILES string of the molecule is C=CCOc1ccc2c(c1)[C@H]1[C@H](CCCCO)[C@@H](CCCCO)C=C3C(=NOC)C[C@H](N(CCC)C(=O)OCC(C)(C)C)[C@@](OCC=C)(O2)[C@H]31. The maximum absolute atomic E-state index is 14.1. The first-order valence-electron chi connectivity index (χ1n) is 18.4. The van der Waals surface area contributed by atoms with Gasteiger partial charge in [0.1, 0.15) is 31.3 Å². The third-order valence-electron chi connectivity index (χ3n) is 9.92. The number of hydrogen-bond acceptors (Lipinski definition) is 9. The van der Waals surface area contributed by atoms with Gasteiger partial charge in [-0.2, -0.15) is 0 Å². The molecule has 1 amide bonds. The molecular weight excluding hydrogens is 636 g/mol. The molecule has 4 rings (SSSR count). The van der Waals surface area contributed by atoms with Gasteiger partial charge in [0.15, 0.2) is 0 Å². The molecule has 10 heteroatoms. The number of amides is 1. The summed E-state index contributed by atoms with van der Waals surface area (Å²) in [5.74, 6) is -0.124. The van der Waals surface area contributed by atoms with E-state index in [1.165, 1.54) is 0 Å². The molecule has 0 saturated heterocycles. The van der Waals surface area contributed by atoms with Crippen LogP contribution < -0.4 is 9.47 Å². The maximum Gasteiger partial charge on any atom is 0.410 e. The van der Waals surface area contributed by atoms with Gasteiger partial charge in [0.25, 0.3) is 0 Å². The average Bonchev–Trinajstić information content (AvgIpc) is 3.09. The molecule has 2 N–H and O–H groups in total. The van der Waals surface area contributed by atoms with Crippen molar-refractivity contribution in [2.24, 2.45) is 28.3 Å². The number of carbonyl (C=O) groups is 1. The van der Waals surface area contributed by atoms with Crippen molar-refractivity contribution in [3.05, 3.63) is 60.7 Å². The van der Waals surface area contributed by atoms with Crippen LogP contribution in [-0.2, 0) is 14.3 Å². The highest BCUT2D eigenvalue weighted by Crippen LogP contribution is 2.62. The maximum atomic E-state index is 14.1. The number of oxime groups is 1. The van der Waals surface area contributed by atoms with Gasteiger partial charge >= 0.3 is 6.09 Å². The quantitative estimate of drug-likeness (QED) is 0.0872. The Morgan fingerprint density at radius 2 is 1.82 bits per heavy atom. The lowest BCUT2D eigenvalue weighted by Gasteiger charge is -2.60. The molecule has 0 radical (unpaired) electrons. The fourth-order valence-corrected chi connectivity index (χ4v) is 7.98. The lowest BCUT2D eigenvalue weighted by Crippen LogP contribution is -2.70. The fourth-order valence-electron chi connectivity index (χ4n) is 7.98. The lowest BCUT2D eigenvalue weighted by atomic mass is 9.55. The number of rotatable bonds is 19. The minimum absolute atomic E-state index is 0.118. The van der Waals surface area contributed by atoms with Crippen LogP contribution in [0.3, 0.4) is 0 Å². The molecule has 0 unspecified atom stereocenters. The van der Waals surface area contributed by atoms with Gasteiger partial charge in [-0.05, 0) is 73.1 Å². The molecule has 1 fully saturated rings. The van der Waals surface area contributed by atoms with Crippen molar-refractivity contribution in [2.45, 2.75) is 96.8 Å². The molecule has 278 valence electrons. The normalized spacial score (nSPS) is 26.2. The summed E-state index contributed by atoms with van der Waals surface area (Å²) in [5.41, 5.74) is 2.54.